The molecule has 4 nitrogen and oxygen atoms in total. The lowest BCUT2D eigenvalue weighted by Gasteiger charge is -2.24. The van der Waals surface area contributed by atoms with Crippen LogP contribution in [0.4, 0.5) is 8.78 Å². The SMILES string of the molecule is Cn1cc(-c2cccc(C(C)(C)c3cccc(-c4ccc(F)cc4F)n3)n2)nc1-c1ccccc1. The van der Waals surface area contributed by atoms with Crippen molar-refractivity contribution >= 4 is 0 Å². The number of aryl methyl sites for hydroxylation is 1. The molecule has 35 heavy (non-hydrogen) atoms. The van der Waals surface area contributed by atoms with Crippen LogP contribution >= 0.6 is 0 Å². The third-order valence-corrected chi connectivity index (χ3v) is 6.16. The van der Waals surface area contributed by atoms with Crippen LogP contribution in [0.25, 0.3) is 34.0 Å². The van der Waals surface area contributed by atoms with Crippen LogP contribution in [-0.2, 0) is 12.5 Å². The second-order valence-corrected chi connectivity index (χ2v) is 8.99. The molecule has 0 fully saturated rings. The average Bonchev–Trinajstić information content (AvgIpc) is 3.26. The largest absolute Gasteiger partial charge is 0.333 e. The normalized spacial score (nSPS) is 11.6. The Morgan fingerprint density at radius 1 is 0.686 bits per heavy atom. The van der Waals surface area contributed by atoms with Crippen LogP contribution in [-0.4, -0.2) is 19.5 Å². The summed E-state index contributed by atoms with van der Waals surface area (Å²) in [7, 11) is 1.97. The Morgan fingerprint density at radius 2 is 1.34 bits per heavy atom. The Morgan fingerprint density at radius 3 is 2.03 bits per heavy atom. The van der Waals surface area contributed by atoms with E-state index in [1.54, 1.807) is 6.07 Å². The predicted octanol–water partition coefficient (Wildman–Crippen LogP) is 6.82. The summed E-state index contributed by atoms with van der Waals surface area (Å²) in [5.74, 6) is -0.395. The molecule has 0 radical (unpaired) electrons. The van der Waals surface area contributed by atoms with Gasteiger partial charge in [-0.2, -0.15) is 0 Å². The first-order valence-corrected chi connectivity index (χ1v) is 11.3. The van der Waals surface area contributed by atoms with Crippen LogP contribution in [0.1, 0.15) is 25.2 Å². The molecule has 0 aliphatic heterocycles. The van der Waals surface area contributed by atoms with Crippen LogP contribution in [0, 0.1) is 11.6 Å². The van der Waals surface area contributed by atoms with Crippen LogP contribution in [0.3, 0.4) is 0 Å². The van der Waals surface area contributed by atoms with Crippen molar-refractivity contribution in [2.75, 3.05) is 0 Å². The van der Waals surface area contributed by atoms with Gasteiger partial charge in [0.15, 0.2) is 0 Å². The molecule has 0 aliphatic carbocycles. The maximum Gasteiger partial charge on any atom is 0.140 e. The Bertz CT molecular complexity index is 1510. The van der Waals surface area contributed by atoms with Crippen molar-refractivity contribution in [1.82, 2.24) is 19.5 Å². The quantitative estimate of drug-likeness (QED) is 0.286. The molecule has 0 aliphatic rings. The Hall–Kier alpha value is -4.19. The number of hydrogen-bond donors (Lipinski definition) is 0. The molecule has 5 aromatic rings. The van der Waals surface area contributed by atoms with Crippen LogP contribution in [0.2, 0.25) is 0 Å². The van der Waals surface area contributed by atoms with Crippen molar-refractivity contribution in [2.24, 2.45) is 7.05 Å². The fourth-order valence-corrected chi connectivity index (χ4v) is 4.13. The number of rotatable bonds is 5. The van der Waals surface area contributed by atoms with Crippen LogP contribution in [0.15, 0.2) is 91.1 Å². The van der Waals surface area contributed by atoms with Gasteiger partial charge in [-0.15, -0.1) is 0 Å². The number of aromatic nitrogens is 4. The molecule has 3 aromatic heterocycles. The minimum absolute atomic E-state index is 0.257. The Kier molecular flexibility index (Phi) is 5.73. The highest BCUT2D eigenvalue weighted by atomic mass is 19.1. The summed E-state index contributed by atoms with van der Waals surface area (Å²) in [5.41, 5.74) is 4.24. The van der Waals surface area contributed by atoms with Gasteiger partial charge in [-0.05, 0) is 50.2 Å². The van der Waals surface area contributed by atoms with Gasteiger partial charge in [0.1, 0.15) is 23.2 Å². The summed E-state index contributed by atoms with van der Waals surface area (Å²) in [6.45, 7) is 4.06. The molecule has 6 heteroatoms. The summed E-state index contributed by atoms with van der Waals surface area (Å²) in [5, 5.41) is 0. The molecule has 0 spiro atoms. The second kappa shape index (κ2) is 8.87. The molecule has 2 aromatic carbocycles. The van der Waals surface area contributed by atoms with Gasteiger partial charge in [-0.1, -0.05) is 42.5 Å². The van der Waals surface area contributed by atoms with Crippen molar-refractivity contribution in [3.63, 3.8) is 0 Å². The highest BCUT2D eigenvalue weighted by Gasteiger charge is 2.27. The first-order chi connectivity index (χ1) is 16.8. The third-order valence-electron chi connectivity index (χ3n) is 6.16. The number of nitrogens with zero attached hydrogens (tertiary/aromatic N) is 4. The van der Waals surface area contributed by atoms with E-state index in [0.717, 1.165) is 40.2 Å². The van der Waals surface area contributed by atoms with Crippen LogP contribution < -0.4 is 0 Å². The highest BCUT2D eigenvalue weighted by molar-refractivity contribution is 5.63. The number of halogens is 2. The lowest BCUT2D eigenvalue weighted by Crippen LogP contribution is -2.22. The minimum Gasteiger partial charge on any atom is -0.333 e. The van der Waals surface area contributed by atoms with Gasteiger partial charge >= 0.3 is 0 Å². The van der Waals surface area contributed by atoms with Crippen molar-refractivity contribution in [1.29, 1.82) is 0 Å². The zero-order valence-corrected chi connectivity index (χ0v) is 19.7. The lowest BCUT2D eigenvalue weighted by molar-refractivity contribution is 0.583. The van der Waals surface area contributed by atoms with E-state index in [9.17, 15) is 8.78 Å². The molecule has 0 bridgehead atoms. The van der Waals surface area contributed by atoms with Gasteiger partial charge in [0.25, 0.3) is 0 Å². The van der Waals surface area contributed by atoms with Crippen molar-refractivity contribution in [2.45, 2.75) is 19.3 Å². The Balaban J connectivity index is 1.51. The third kappa shape index (κ3) is 4.35. The maximum atomic E-state index is 14.4. The molecule has 0 amide bonds. The first kappa shape index (κ1) is 22.6. The molecule has 0 saturated carbocycles. The fourth-order valence-electron chi connectivity index (χ4n) is 4.13. The van der Waals surface area contributed by atoms with Crippen molar-refractivity contribution < 1.29 is 8.78 Å². The van der Waals surface area contributed by atoms with Gasteiger partial charge in [0, 0.05) is 35.9 Å². The van der Waals surface area contributed by atoms with Gasteiger partial charge in [0.2, 0.25) is 0 Å². The predicted molar refractivity (Wildman–Crippen MR) is 134 cm³/mol. The zero-order valence-electron chi connectivity index (χ0n) is 19.7. The van der Waals surface area contributed by atoms with E-state index >= 15 is 0 Å². The first-order valence-electron chi connectivity index (χ1n) is 11.3. The van der Waals surface area contributed by atoms with E-state index in [4.69, 9.17) is 15.0 Å². The van der Waals surface area contributed by atoms with E-state index in [2.05, 4.69) is 0 Å². The summed E-state index contributed by atoms with van der Waals surface area (Å²) in [4.78, 5) is 14.5. The molecule has 5 rings (SSSR count). The molecule has 0 N–H and O–H groups in total. The summed E-state index contributed by atoms with van der Waals surface area (Å²) in [6, 6.07) is 24.8. The van der Waals surface area contributed by atoms with E-state index in [0.29, 0.717) is 5.69 Å². The molecule has 0 atom stereocenters. The van der Waals surface area contributed by atoms with Gasteiger partial charge in [0.05, 0.1) is 22.8 Å². The van der Waals surface area contributed by atoms with Crippen molar-refractivity contribution in [3.8, 4) is 34.0 Å². The van der Waals surface area contributed by atoms with E-state index in [1.165, 1.54) is 12.1 Å². The smallest absolute Gasteiger partial charge is 0.140 e. The molecule has 0 unspecified atom stereocenters. The molecule has 3 heterocycles. The average molecular weight is 467 g/mol. The highest BCUT2D eigenvalue weighted by Crippen LogP contribution is 2.32. The Labute approximate surface area is 203 Å². The van der Waals surface area contributed by atoms with E-state index in [-0.39, 0.29) is 5.56 Å². The standard InChI is InChI=1S/C29H24F2N4/c1-29(2,26-13-7-11-23(32-26)21-16-15-20(30)17-22(21)31)27-14-8-12-24(33-27)25-18-35(3)28(34-25)19-9-5-4-6-10-19/h4-18H,1-3H3. The number of benzene rings is 2. The number of pyridine rings is 2. The summed E-state index contributed by atoms with van der Waals surface area (Å²) < 4.78 is 29.8. The lowest BCUT2D eigenvalue weighted by atomic mass is 9.84. The van der Waals surface area contributed by atoms with E-state index < -0.39 is 17.0 Å². The fraction of sp³-hybridized carbons (Fsp3) is 0.138. The molecular weight excluding hydrogens is 442 g/mol. The second-order valence-electron chi connectivity index (χ2n) is 8.99. The topological polar surface area (TPSA) is 43.6 Å². The molecule has 0 saturated heterocycles. The minimum atomic E-state index is -0.642. The molecule has 174 valence electrons. The molecular formula is C29H24F2N4. The van der Waals surface area contributed by atoms with Gasteiger partial charge in [-0.25, -0.2) is 13.8 Å². The summed E-state index contributed by atoms with van der Waals surface area (Å²) in [6.07, 6.45) is 1.97. The van der Waals surface area contributed by atoms with E-state index in [1.807, 2.05) is 92.3 Å². The van der Waals surface area contributed by atoms with Gasteiger partial charge in [-0.3, -0.25) is 9.97 Å². The number of hydrogen-bond acceptors (Lipinski definition) is 3. The maximum absolute atomic E-state index is 14.4. The monoisotopic (exact) mass is 466 g/mol. The number of imidazole rings is 1. The van der Waals surface area contributed by atoms with Crippen molar-refractivity contribution in [3.05, 3.63) is 114 Å². The zero-order chi connectivity index (χ0) is 24.6. The van der Waals surface area contributed by atoms with Crippen LogP contribution in [0.5, 0.6) is 0 Å². The summed E-state index contributed by atoms with van der Waals surface area (Å²) >= 11 is 0. The van der Waals surface area contributed by atoms with Gasteiger partial charge < -0.3 is 4.57 Å².